The highest BCUT2D eigenvalue weighted by Gasteiger charge is 2.65. The molecule has 5 heteroatoms. The fraction of sp³-hybridized carbons (Fsp3) is 0.923. The fourth-order valence-electron chi connectivity index (χ4n) is 8.84. The molecule has 10 atom stereocenters. The van der Waals surface area contributed by atoms with E-state index in [1.54, 1.807) is 7.11 Å². The van der Waals surface area contributed by atoms with Gasteiger partial charge in [0, 0.05) is 25.4 Å². The van der Waals surface area contributed by atoms with Crippen molar-refractivity contribution < 1.29 is 24.2 Å². The maximum atomic E-state index is 13.8. The van der Waals surface area contributed by atoms with Gasteiger partial charge in [-0.25, -0.2) is 0 Å². The quantitative estimate of drug-likeness (QED) is 0.649. The number of ketones is 1. The number of esters is 1. The van der Waals surface area contributed by atoms with E-state index >= 15 is 0 Å². The molecule has 0 amide bonds. The first-order chi connectivity index (χ1) is 14.7. The molecule has 0 aromatic carbocycles. The lowest BCUT2D eigenvalue weighted by molar-refractivity contribution is -0.187. The number of methoxy groups -OCH3 is 2. The number of rotatable bonds is 5. The molecule has 4 rings (SSSR count). The van der Waals surface area contributed by atoms with Crippen molar-refractivity contribution in [2.75, 3.05) is 14.2 Å². The molecule has 4 aliphatic rings. The lowest BCUT2D eigenvalue weighted by Crippen LogP contribution is -2.63. The summed E-state index contributed by atoms with van der Waals surface area (Å²) in [5, 5.41) is 10.4. The van der Waals surface area contributed by atoms with Crippen LogP contribution in [0.2, 0.25) is 0 Å². The summed E-state index contributed by atoms with van der Waals surface area (Å²) in [5.41, 5.74) is 0.233. The summed E-state index contributed by atoms with van der Waals surface area (Å²) < 4.78 is 10.7. The Morgan fingerprint density at radius 2 is 1.74 bits per heavy atom. The van der Waals surface area contributed by atoms with E-state index in [0.717, 1.165) is 38.5 Å². The SMILES string of the molecule is COC(=O)CC[C@@H](C)[C@H]1CC[C@H]2[C@@H]3C(=O)[C@H](OC)[C@@H]4C[C@H](O)CC[C@]4(C)[C@H]3CC[C@]12C. The van der Waals surface area contributed by atoms with Gasteiger partial charge in [0.1, 0.15) is 6.10 Å². The summed E-state index contributed by atoms with van der Waals surface area (Å²) in [6.45, 7) is 7.09. The van der Waals surface area contributed by atoms with Gasteiger partial charge in [-0.2, -0.15) is 0 Å². The van der Waals surface area contributed by atoms with Crippen molar-refractivity contribution in [3.05, 3.63) is 0 Å². The number of hydrogen-bond acceptors (Lipinski definition) is 5. The summed E-state index contributed by atoms with van der Waals surface area (Å²) >= 11 is 0. The lowest BCUT2D eigenvalue weighted by Gasteiger charge is -2.61. The summed E-state index contributed by atoms with van der Waals surface area (Å²) in [4.78, 5) is 25.5. The monoisotopic (exact) mass is 434 g/mol. The van der Waals surface area contributed by atoms with E-state index in [-0.39, 0.29) is 40.8 Å². The van der Waals surface area contributed by atoms with E-state index in [1.807, 2.05) is 0 Å². The second-order valence-corrected chi connectivity index (χ2v) is 11.7. The Hall–Kier alpha value is -0.940. The summed E-state index contributed by atoms with van der Waals surface area (Å²) in [6.07, 6.45) is 7.72. The molecule has 0 heterocycles. The molecule has 0 radical (unpaired) electrons. The zero-order valence-electron chi connectivity index (χ0n) is 20.1. The number of carbonyl (C=O) groups is 2. The van der Waals surface area contributed by atoms with Crippen LogP contribution in [0, 0.1) is 46.3 Å². The Labute approximate surface area is 187 Å². The van der Waals surface area contributed by atoms with Crippen LogP contribution in [0.5, 0.6) is 0 Å². The summed E-state index contributed by atoms with van der Waals surface area (Å²) in [7, 11) is 3.14. The van der Waals surface area contributed by atoms with Crippen molar-refractivity contribution in [2.24, 2.45) is 46.3 Å². The highest BCUT2D eigenvalue weighted by molar-refractivity contribution is 5.88. The predicted molar refractivity (Wildman–Crippen MR) is 118 cm³/mol. The van der Waals surface area contributed by atoms with Crippen LogP contribution in [0.1, 0.15) is 78.6 Å². The van der Waals surface area contributed by atoms with Crippen molar-refractivity contribution in [1.82, 2.24) is 0 Å². The molecule has 4 saturated carbocycles. The van der Waals surface area contributed by atoms with Crippen LogP contribution in [0.3, 0.4) is 0 Å². The van der Waals surface area contributed by atoms with Crippen LogP contribution in [-0.4, -0.2) is 43.3 Å². The minimum Gasteiger partial charge on any atom is -0.469 e. The highest BCUT2D eigenvalue weighted by Crippen LogP contribution is 2.67. The Balaban J connectivity index is 1.59. The van der Waals surface area contributed by atoms with E-state index in [1.165, 1.54) is 13.5 Å². The van der Waals surface area contributed by atoms with Crippen molar-refractivity contribution in [2.45, 2.75) is 90.8 Å². The molecule has 0 bridgehead atoms. The minimum atomic E-state index is -0.376. The fourth-order valence-corrected chi connectivity index (χ4v) is 8.84. The Morgan fingerprint density at radius 1 is 1.06 bits per heavy atom. The van der Waals surface area contributed by atoms with Gasteiger partial charge in [0.05, 0.1) is 13.2 Å². The molecular formula is C26H42O5. The van der Waals surface area contributed by atoms with Gasteiger partial charge in [0.25, 0.3) is 0 Å². The summed E-state index contributed by atoms with van der Waals surface area (Å²) in [6, 6.07) is 0. The van der Waals surface area contributed by atoms with Crippen LogP contribution in [0.25, 0.3) is 0 Å². The average molecular weight is 435 g/mol. The highest BCUT2D eigenvalue weighted by atomic mass is 16.5. The van der Waals surface area contributed by atoms with E-state index in [0.29, 0.717) is 42.3 Å². The lowest BCUT2D eigenvalue weighted by atomic mass is 9.43. The van der Waals surface area contributed by atoms with Gasteiger partial charge < -0.3 is 14.6 Å². The van der Waals surface area contributed by atoms with Gasteiger partial charge in [0.15, 0.2) is 5.78 Å². The van der Waals surface area contributed by atoms with Gasteiger partial charge in [-0.3, -0.25) is 9.59 Å². The van der Waals surface area contributed by atoms with Gasteiger partial charge in [-0.15, -0.1) is 0 Å². The molecule has 0 unspecified atom stereocenters. The zero-order chi connectivity index (χ0) is 22.6. The third kappa shape index (κ3) is 3.58. The number of aliphatic hydroxyl groups excluding tert-OH is 1. The number of aliphatic hydroxyl groups is 1. The second kappa shape index (κ2) is 8.44. The molecule has 0 saturated heterocycles. The first-order valence-electron chi connectivity index (χ1n) is 12.5. The van der Waals surface area contributed by atoms with Crippen LogP contribution in [0.4, 0.5) is 0 Å². The molecular weight excluding hydrogens is 392 g/mol. The molecule has 5 nitrogen and oxygen atoms in total. The third-order valence-corrected chi connectivity index (χ3v) is 10.5. The number of ether oxygens (including phenoxy) is 2. The molecule has 4 fully saturated rings. The van der Waals surface area contributed by atoms with Crippen LogP contribution < -0.4 is 0 Å². The molecule has 0 spiro atoms. The largest absolute Gasteiger partial charge is 0.469 e. The van der Waals surface area contributed by atoms with E-state index in [9.17, 15) is 14.7 Å². The smallest absolute Gasteiger partial charge is 0.305 e. The van der Waals surface area contributed by atoms with Gasteiger partial charge >= 0.3 is 5.97 Å². The summed E-state index contributed by atoms with van der Waals surface area (Å²) in [5.74, 6) is 2.22. The molecule has 176 valence electrons. The molecule has 1 N–H and O–H groups in total. The number of carbonyl (C=O) groups excluding carboxylic acids is 2. The first kappa shape index (κ1) is 23.2. The first-order valence-corrected chi connectivity index (χ1v) is 12.5. The minimum absolute atomic E-state index is 0.0778. The van der Waals surface area contributed by atoms with E-state index < -0.39 is 0 Å². The van der Waals surface area contributed by atoms with Crippen molar-refractivity contribution in [1.29, 1.82) is 0 Å². The zero-order valence-corrected chi connectivity index (χ0v) is 20.1. The molecule has 4 aliphatic carbocycles. The number of hydrogen-bond donors (Lipinski definition) is 1. The van der Waals surface area contributed by atoms with Gasteiger partial charge in [-0.1, -0.05) is 20.8 Å². The van der Waals surface area contributed by atoms with Gasteiger partial charge in [0.2, 0.25) is 0 Å². The Morgan fingerprint density at radius 3 is 2.42 bits per heavy atom. The van der Waals surface area contributed by atoms with Crippen LogP contribution in [0.15, 0.2) is 0 Å². The number of Topliss-reactive ketones (excluding diaryl/α,β-unsaturated/α-hetero) is 1. The topological polar surface area (TPSA) is 72.8 Å². The Kier molecular flexibility index (Phi) is 6.33. The standard InChI is InChI=1S/C26H42O5/c1-15(6-9-21(28)30-4)17-7-8-18-22-19(11-13-25(17,18)2)26(3)12-10-16(27)14-20(26)24(31-5)23(22)29/h15-20,22,24,27H,6-14H2,1-5H3/t15-,16-,17-,18+,19+,20+,22+,24-,25-,26-/m1/s1. The Bertz CT molecular complexity index is 706. The van der Waals surface area contributed by atoms with Crippen LogP contribution in [-0.2, 0) is 19.1 Å². The van der Waals surface area contributed by atoms with Crippen molar-refractivity contribution >= 4 is 11.8 Å². The maximum absolute atomic E-state index is 13.8. The molecule has 0 aliphatic heterocycles. The molecule has 0 aromatic heterocycles. The maximum Gasteiger partial charge on any atom is 0.305 e. The molecule has 0 aromatic rings. The van der Waals surface area contributed by atoms with Gasteiger partial charge in [-0.05, 0) is 85.9 Å². The van der Waals surface area contributed by atoms with E-state index in [2.05, 4.69) is 20.8 Å². The van der Waals surface area contributed by atoms with E-state index in [4.69, 9.17) is 9.47 Å². The second-order valence-electron chi connectivity index (χ2n) is 11.7. The molecule has 31 heavy (non-hydrogen) atoms. The van der Waals surface area contributed by atoms with Crippen molar-refractivity contribution in [3.63, 3.8) is 0 Å². The van der Waals surface area contributed by atoms with Crippen LogP contribution >= 0.6 is 0 Å². The predicted octanol–water partition coefficient (Wildman–Crippen LogP) is 4.40. The normalized spacial score (nSPS) is 47.8. The third-order valence-electron chi connectivity index (χ3n) is 10.5. The van der Waals surface area contributed by atoms with Crippen molar-refractivity contribution in [3.8, 4) is 0 Å². The average Bonchev–Trinajstić information content (AvgIpc) is 3.10. The number of fused-ring (bicyclic) bond motifs is 5.